The number of fused-ring (bicyclic) bond motifs is 1. The van der Waals surface area contributed by atoms with Gasteiger partial charge in [0.15, 0.2) is 22.8 Å². The Kier molecular flexibility index (Phi) is 7.40. The predicted octanol–water partition coefficient (Wildman–Crippen LogP) is 5.74. The first-order chi connectivity index (χ1) is 16.0. The smallest absolute Gasteiger partial charge is 0.421 e. The summed E-state index contributed by atoms with van der Waals surface area (Å²) in [6.07, 6.45) is 9.54. The molecule has 7 nitrogen and oxygen atoms in total. The van der Waals surface area contributed by atoms with Gasteiger partial charge in [0, 0.05) is 17.8 Å². The Bertz CT molecular complexity index is 1270. The van der Waals surface area contributed by atoms with Crippen LogP contribution in [0.5, 0.6) is 5.75 Å². The maximum absolute atomic E-state index is 12.3. The Balaban J connectivity index is 1.41. The van der Waals surface area contributed by atoms with Crippen LogP contribution < -0.4 is 10.5 Å². The summed E-state index contributed by atoms with van der Waals surface area (Å²) in [6, 6.07) is 9.31. The second kappa shape index (κ2) is 10.6. The molecule has 0 aliphatic rings. The van der Waals surface area contributed by atoms with Crippen molar-refractivity contribution in [2.45, 2.75) is 46.1 Å². The fourth-order valence-corrected chi connectivity index (χ4v) is 3.73. The quantitative estimate of drug-likeness (QED) is 0.277. The lowest BCUT2D eigenvalue weighted by Crippen LogP contribution is -2.15. The van der Waals surface area contributed by atoms with Gasteiger partial charge in [-0.3, -0.25) is 4.57 Å². The lowest BCUT2D eigenvalue weighted by atomic mass is 10.0. The molecule has 3 heterocycles. The van der Waals surface area contributed by atoms with E-state index in [1.54, 1.807) is 18.5 Å². The number of oxazole rings is 1. The van der Waals surface area contributed by atoms with E-state index in [9.17, 15) is 4.79 Å². The molecule has 3 aromatic heterocycles. The van der Waals surface area contributed by atoms with Crippen LogP contribution in [0.15, 0.2) is 58.1 Å². The average Bonchev–Trinajstić information content (AvgIpc) is 3.13. The highest BCUT2D eigenvalue weighted by molar-refractivity contribution is 6.30. The van der Waals surface area contributed by atoms with Crippen LogP contribution in [-0.4, -0.2) is 26.1 Å². The Labute approximate surface area is 197 Å². The highest BCUT2D eigenvalue weighted by Gasteiger charge is 2.12. The fourth-order valence-electron chi connectivity index (χ4n) is 3.59. The number of benzene rings is 1. The van der Waals surface area contributed by atoms with Gasteiger partial charge in [0.25, 0.3) is 0 Å². The number of halogens is 1. The lowest BCUT2D eigenvalue weighted by molar-refractivity contribution is 0.297. The normalized spacial score (nSPS) is 12.2. The van der Waals surface area contributed by atoms with Crippen molar-refractivity contribution in [2.75, 3.05) is 6.61 Å². The standard InChI is InChI=1S/C25H27ClN4O3/c1-3-17(2)7-4-5-10-32-21-14-27-23(28-15-21)19-9-6-8-18(11-19)16-30-24-22(33-25(30)31)12-20(26)13-29-24/h6,8-9,11-15,17H,3-5,7,10,16H2,1-2H3. The summed E-state index contributed by atoms with van der Waals surface area (Å²) in [5.74, 6) is 1.55. The van der Waals surface area contributed by atoms with E-state index >= 15 is 0 Å². The number of hydrogen-bond donors (Lipinski definition) is 0. The van der Waals surface area contributed by atoms with Gasteiger partial charge >= 0.3 is 5.76 Å². The zero-order valence-electron chi connectivity index (χ0n) is 18.8. The molecule has 0 aliphatic heterocycles. The zero-order chi connectivity index (χ0) is 23.2. The SMILES string of the molecule is CCC(C)CCCCOc1cnc(-c2cccc(Cn3c(=O)oc4cc(Cl)cnc43)c2)nc1. The van der Waals surface area contributed by atoms with E-state index in [1.165, 1.54) is 30.0 Å². The van der Waals surface area contributed by atoms with Crippen molar-refractivity contribution in [3.63, 3.8) is 0 Å². The maximum Gasteiger partial charge on any atom is 0.421 e. The van der Waals surface area contributed by atoms with E-state index in [-0.39, 0.29) is 0 Å². The molecule has 0 N–H and O–H groups in total. The molecule has 0 amide bonds. The number of unbranched alkanes of at least 4 members (excludes halogenated alkanes) is 1. The number of nitrogens with zero attached hydrogens (tertiary/aromatic N) is 4. The Morgan fingerprint density at radius 1 is 1.12 bits per heavy atom. The molecule has 1 atom stereocenters. The van der Waals surface area contributed by atoms with Crippen LogP contribution in [0.3, 0.4) is 0 Å². The van der Waals surface area contributed by atoms with Crippen molar-refractivity contribution in [3.8, 4) is 17.1 Å². The Morgan fingerprint density at radius 2 is 1.94 bits per heavy atom. The molecular formula is C25H27ClN4O3. The van der Waals surface area contributed by atoms with Crippen molar-refractivity contribution in [3.05, 3.63) is 70.1 Å². The molecule has 4 aromatic rings. The summed E-state index contributed by atoms with van der Waals surface area (Å²) >= 11 is 5.94. The van der Waals surface area contributed by atoms with E-state index in [2.05, 4.69) is 28.8 Å². The number of aromatic nitrogens is 4. The third-order valence-corrected chi connectivity index (χ3v) is 5.89. The van der Waals surface area contributed by atoms with E-state index in [4.69, 9.17) is 20.8 Å². The minimum absolute atomic E-state index is 0.312. The van der Waals surface area contributed by atoms with Crippen molar-refractivity contribution < 1.29 is 9.15 Å². The van der Waals surface area contributed by atoms with Crippen molar-refractivity contribution in [1.29, 1.82) is 0 Å². The van der Waals surface area contributed by atoms with Gasteiger partial charge in [-0.05, 0) is 30.4 Å². The molecule has 172 valence electrons. The molecule has 0 radical (unpaired) electrons. The van der Waals surface area contributed by atoms with Crippen molar-refractivity contribution in [1.82, 2.24) is 19.5 Å². The lowest BCUT2D eigenvalue weighted by Gasteiger charge is -2.09. The van der Waals surface area contributed by atoms with Gasteiger partial charge in [-0.25, -0.2) is 19.7 Å². The summed E-state index contributed by atoms with van der Waals surface area (Å²) in [6.45, 7) is 5.49. The molecule has 0 saturated carbocycles. The van der Waals surface area contributed by atoms with E-state index in [1.807, 2.05) is 24.3 Å². The van der Waals surface area contributed by atoms with Crippen LogP contribution in [0, 0.1) is 5.92 Å². The van der Waals surface area contributed by atoms with Crippen LogP contribution >= 0.6 is 11.6 Å². The van der Waals surface area contributed by atoms with Gasteiger partial charge in [0.1, 0.15) is 0 Å². The molecule has 33 heavy (non-hydrogen) atoms. The summed E-state index contributed by atoms with van der Waals surface area (Å²) < 4.78 is 12.5. The molecule has 0 bridgehead atoms. The maximum atomic E-state index is 12.3. The van der Waals surface area contributed by atoms with Gasteiger partial charge in [-0.2, -0.15) is 0 Å². The zero-order valence-corrected chi connectivity index (χ0v) is 19.6. The molecule has 8 heteroatoms. The third-order valence-electron chi connectivity index (χ3n) is 5.68. The molecule has 1 unspecified atom stereocenters. The molecule has 0 fully saturated rings. The average molecular weight is 467 g/mol. The van der Waals surface area contributed by atoms with Gasteiger partial charge < -0.3 is 9.15 Å². The Hall–Kier alpha value is -3.19. The Morgan fingerprint density at radius 3 is 2.73 bits per heavy atom. The molecule has 0 spiro atoms. The molecule has 4 rings (SSSR count). The van der Waals surface area contributed by atoms with Crippen molar-refractivity contribution >= 4 is 22.8 Å². The minimum Gasteiger partial charge on any atom is -0.490 e. The van der Waals surface area contributed by atoms with Crippen LogP contribution in [0.2, 0.25) is 5.02 Å². The summed E-state index contributed by atoms with van der Waals surface area (Å²) in [4.78, 5) is 25.4. The van der Waals surface area contributed by atoms with E-state index in [0.717, 1.165) is 23.5 Å². The van der Waals surface area contributed by atoms with Gasteiger partial charge in [-0.15, -0.1) is 0 Å². The molecular weight excluding hydrogens is 440 g/mol. The number of hydrogen-bond acceptors (Lipinski definition) is 6. The van der Waals surface area contributed by atoms with Gasteiger partial charge in [0.2, 0.25) is 0 Å². The largest absolute Gasteiger partial charge is 0.490 e. The topological polar surface area (TPSA) is 83.0 Å². The van der Waals surface area contributed by atoms with Crippen LogP contribution in [0.1, 0.15) is 45.1 Å². The van der Waals surface area contributed by atoms with Crippen LogP contribution in [0.4, 0.5) is 0 Å². The number of pyridine rings is 1. The van der Waals surface area contributed by atoms with Crippen LogP contribution in [0.25, 0.3) is 22.6 Å². The first-order valence-electron chi connectivity index (χ1n) is 11.2. The third kappa shape index (κ3) is 5.79. The second-order valence-electron chi connectivity index (χ2n) is 8.23. The first kappa shape index (κ1) is 23.0. The number of ether oxygens (including phenoxy) is 1. The molecule has 0 saturated heterocycles. The van der Waals surface area contributed by atoms with Gasteiger partial charge in [-0.1, -0.05) is 56.5 Å². The predicted molar refractivity (Wildman–Crippen MR) is 129 cm³/mol. The minimum atomic E-state index is -0.480. The summed E-state index contributed by atoms with van der Waals surface area (Å²) in [7, 11) is 0. The van der Waals surface area contributed by atoms with E-state index in [0.29, 0.717) is 41.0 Å². The highest BCUT2D eigenvalue weighted by Crippen LogP contribution is 2.21. The van der Waals surface area contributed by atoms with E-state index < -0.39 is 5.76 Å². The molecule has 1 aromatic carbocycles. The highest BCUT2D eigenvalue weighted by atomic mass is 35.5. The first-order valence-corrected chi connectivity index (χ1v) is 11.6. The number of rotatable bonds is 10. The van der Waals surface area contributed by atoms with Crippen molar-refractivity contribution in [2.24, 2.45) is 5.92 Å². The molecule has 0 aliphatic carbocycles. The second-order valence-corrected chi connectivity index (χ2v) is 8.67. The monoisotopic (exact) mass is 466 g/mol. The summed E-state index contributed by atoms with van der Waals surface area (Å²) in [5, 5.41) is 0.418. The fraction of sp³-hybridized carbons (Fsp3) is 0.360. The van der Waals surface area contributed by atoms with Crippen LogP contribution in [-0.2, 0) is 6.54 Å². The summed E-state index contributed by atoms with van der Waals surface area (Å²) in [5.41, 5.74) is 2.57. The van der Waals surface area contributed by atoms with Gasteiger partial charge in [0.05, 0.1) is 30.6 Å².